The molecular formula is C8H5BrN4O2. The second kappa shape index (κ2) is 3.43. The Kier molecular flexibility index (Phi) is 2.24. The number of hydrogen-bond donors (Lipinski definition) is 1. The minimum Gasteiger partial charge on any atom is -0.391 e. The van der Waals surface area contributed by atoms with Crippen LogP contribution in [0.4, 0.5) is 11.5 Å². The van der Waals surface area contributed by atoms with Crippen LogP contribution in [-0.4, -0.2) is 15.1 Å². The summed E-state index contributed by atoms with van der Waals surface area (Å²) in [5.74, 6) is -0.416. The van der Waals surface area contributed by atoms with E-state index in [0.29, 0.717) is 10.9 Å². The van der Waals surface area contributed by atoms with Crippen LogP contribution in [0.25, 0.3) is 10.9 Å². The predicted octanol–water partition coefficient (Wildman–Crippen LogP) is 1.88. The Labute approximate surface area is 92.4 Å². The summed E-state index contributed by atoms with van der Waals surface area (Å²) in [4.78, 5) is 9.91. The van der Waals surface area contributed by atoms with E-state index >= 15 is 0 Å². The molecule has 1 aromatic carbocycles. The minimum absolute atomic E-state index is 0.0336. The molecule has 0 radical (unpaired) electrons. The molecule has 76 valence electrons. The molecule has 0 saturated heterocycles. The number of rotatable bonds is 1. The van der Waals surface area contributed by atoms with Crippen LogP contribution in [0.15, 0.2) is 22.7 Å². The van der Waals surface area contributed by atoms with Gasteiger partial charge in [-0.3, -0.25) is 0 Å². The highest BCUT2D eigenvalue weighted by Gasteiger charge is 2.17. The van der Waals surface area contributed by atoms with E-state index in [1.165, 1.54) is 0 Å². The zero-order chi connectivity index (χ0) is 11.0. The Hall–Kier alpha value is -1.76. The van der Waals surface area contributed by atoms with Gasteiger partial charge in [-0.1, -0.05) is 15.9 Å². The molecule has 2 N–H and O–H groups in total. The molecule has 0 amide bonds. The fourth-order valence-electron chi connectivity index (χ4n) is 1.22. The number of nitrogens with zero attached hydrogens (tertiary/aromatic N) is 3. The van der Waals surface area contributed by atoms with Gasteiger partial charge in [0.05, 0.1) is 5.10 Å². The predicted molar refractivity (Wildman–Crippen MR) is 58.3 cm³/mol. The number of aromatic nitrogens is 2. The summed E-state index contributed by atoms with van der Waals surface area (Å²) in [5, 5.41) is 18.2. The van der Waals surface area contributed by atoms with Crippen LogP contribution in [0.1, 0.15) is 0 Å². The van der Waals surface area contributed by atoms with Crippen molar-refractivity contribution in [3.8, 4) is 0 Å². The molecule has 0 aliphatic carbocycles. The topological polar surface area (TPSA) is 94.9 Å². The summed E-state index contributed by atoms with van der Waals surface area (Å²) in [6, 6.07) is 5.13. The first-order valence-electron chi connectivity index (χ1n) is 3.95. The van der Waals surface area contributed by atoms with Gasteiger partial charge in [-0.15, -0.1) is 0 Å². The zero-order valence-corrected chi connectivity index (χ0v) is 8.93. The first-order chi connectivity index (χ1) is 7.09. The van der Waals surface area contributed by atoms with E-state index in [1.807, 2.05) is 0 Å². The second-order valence-electron chi connectivity index (χ2n) is 2.86. The first-order valence-corrected chi connectivity index (χ1v) is 4.74. The molecule has 1 aromatic heterocycles. The van der Waals surface area contributed by atoms with Crippen LogP contribution in [0.5, 0.6) is 0 Å². The number of fused-ring (bicyclic) bond motifs is 1. The lowest BCUT2D eigenvalue weighted by atomic mass is 10.2. The van der Waals surface area contributed by atoms with Crippen LogP contribution in [0, 0.1) is 10.1 Å². The van der Waals surface area contributed by atoms with Crippen LogP contribution in [0.3, 0.4) is 0 Å². The number of nitrogens with two attached hydrogens (primary N) is 1. The van der Waals surface area contributed by atoms with E-state index in [9.17, 15) is 10.1 Å². The molecule has 0 bridgehead atoms. The molecule has 0 fully saturated rings. The number of halogens is 1. The van der Waals surface area contributed by atoms with Gasteiger partial charge in [0.25, 0.3) is 0 Å². The third kappa shape index (κ3) is 1.61. The average molecular weight is 269 g/mol. The molecule has 2 aromatic rings. The van der Waals surface area contributed by atoms with Gasteiger partial charge in [0.15, 0.2) is 0 Å². The van der Waals surface area contributed by atoms with Crippen molar-refractivity contribution in [2.75, 3.05) is 5.73 Å². The van der Waals surface area contributed by atoms with Crippen molar-refractivity contribution in [3.05, 3.63) is 32.8 Å². The standard InChI is InChI=1S/C8H5BrN4O2/c9-4-1-2-6-5(3-4)7(10)8(12-11-6)13(14)15/h1-3H,(H2,10,11). The zero-order valence-electron chi connectivity index (χ0n) is 7.35. The molecule has 0 aliphatic heterocycles. The molecule has 1 heterocycles. The van der Waals surface area contributed by atoms with Gasteiger partial charge < -0.3 is 15.8 Å². The molecule has 0 atom stereocenters. The number of benzene rings is 1. The second-order valence-corrected chi connectivity index (χ2v) is 3.77. The van der Waals surface area contributed by atoms with Crippen LogP contribution >= 0.6 is 15.9 Å². The molecule has 0 spiro atoms. The van der Waals surface area contributed by atoms with Crippen molar-refractivity contribution in [1.29, 1.82) is 0 Å². The van der Waals surface area contributed by atoms with Crippen LogP contribution in [-0.2, 0) is 0 Å². The normalized spacial score (nSPS) is 10.5. The maximum atomic E-state index is 10.6. The van der Waals surface area contributed by atoms with E-state index in [-0.39, 0.29) is 5.69 Å². The van der Waals surface area contributed by atoms with E-state index in [1.54, 1.807) is 18.2 Å². The summed E-state index contributed by atoms with van der Waals surface area (Å²) in [6.45, 7) is 0. The van der Waals surface area contributed by atoms with E-state index in [2.05, 4.69) is 26.1 Å². The van der Waals surface area contributed by atoms with Crippen molar-refractivity contribution in [1.82, 2.24) is 10.2 Å². The van der Waals surface area contributed by atoms with Gasteiger partial charge in [-0.05, 0) is 28.2 Å². The van der Waals surface area contributed by atoms with Crippen molar-refractivity contribution >= 4 is 38.3 Å². The Balaban J connectivity index is 2.82. The van der Waals surface area contributed by atoms with Gasteiger partial charge in [0, 0.05) is 9.86 Å². The largest absolute Gasteiger partial charge is 0.414 e. The fraction of sp³-hybridized carbons (Fsp3) is 0. The van der Waals surface area contributed by atoms with Gasteiger partial charge in [0.1, 0.15) is 11.2 Å². The number of hydrogen-bond acceptors (Lipinski definition) is 5. The fourth-order valence-corrected chi connectivity index (χ4v) is 1.58. The van der Waals surface area contributed by atoms with E-state index in [4.69, 9.17) is 5.73 Å². The van der Waals surface area contributed by atoms with E-state index in [0.717, 1.165) is 4.47 Å². The lowest BCUT2D eigenvalue weighted by Gasteiger charge is -2.00. The Morgan fingerprint density at radius 3 is 2.80 bits per heavy atom. The highest BCUT2D eigenvalue weighted by Crippen LogP contribution is 2.28. The number of nitro groups is 1. The minimum atomic E-state index is -0.650. The van der Waals surface area contributed by atoms with E-state index < -0.39 is 10.7 Å². The summed E-state index contributed by atoms with van der Waals surface area (Å²) in [5.41, 5.74) is 6.19. The van der Waals surface area contributed by atoms with Gasteiger partial charge in [-0.2, -0.15) is 0 Å². The van der Waals surface area contributed by atoms with Gasteiger partial charge in [0.2, 0.25) is 0 Å². The molecular weight excluding hydrogens is 264 g/mol. The molecule has 0 unspecified atom stereocenters. The van der Waals surface area contributed by atoms with Crippen molar-refractivity contribution in [2.45, 2.75) is 0 Å². The maximum Gasteiger partial charge on any atom is 0.414 e. The van der Waals surface area contributed by atoms with Gasteiger partial charge in [-0.25, -0.2) is 0 Å². The lowest BCUT2D eigenvalue weighted by molar-refractivity contribution is -0.389. The number of anilines is 1. The lowest BCUT2D eigenvalue weighted by Crippen LogP contribution is -2.01. The highest BCUT2D eigenvalue weighted by molar-refractivity contribution is 9.10. The van der Waals surface area contributed by atoms with Crippen molar-refractivity contribution in [3.63, 3.8) is 0 Å². The van der Waals surface area contributed by atoms with Gasteiger partial charge >= 0.3 is 5.82 Å². The molecule has 2 rings (SSSR count). The average Bonchev–Trinajstić information content (AvgIpc) is 2.19. The van der Waals surface area contributed by atoms with Crippen LogP contribution in [0.2, 0.25) is 0 Å². The SMILES string of the molecule is Nc1c([N+](=O)[O-])nnc2ccc(Br)cc12. The summed E-state index contributed by atoms with van der Waals surface area (Å²) in [7, 11) is 0. The Bertz CT molecular complexity index is 558. The first kappa shape index (κ1) is 9.78. The highest BCUT2D eigenvalue weighted by atomic mass is 79.9. The van der Waals surface area contributed by atoms with Crippen molar-refractivity contribution in [2.24, 2.45) is 0 Å². The molecule has 15 heavy (non-hydrogen) atoms. The Morgan fingerprint density at radius 1 is 1.40 bits per heavy atom. The summed E-state index contributed by atoms with van der Waals surface area (Å²) < 4.78 is 0.781. The molecule has 0 saturated carbocycles. The Morgan fingerprint density at radius 2 is 2.13 bits per heavy atom. The smallest absolute Gasteiger partial charge is 0.391 e. The summed E-state index contributed by atoms with van der Waals surface area (Å²) >= 11 is 3.25. The monoisotopic (exact) mass is 268 g/mol. The maximum absolute atomic E-state index is 10.6. The number of nitrogen functional groups attached to an aromatic ring is 1. The third-order valence-corrected chi connectivity index (χ3v) is 2.41. The van der Waals surface area contributed by atoms with Crippen molar-refractivity contribution < 1.29 is 4.92 Å². The molecule has 6 nitrogen and oxygen atoms in total. The quantitative estimate of drug-likeness (QED) is 0.629. The molecule has 0 aliphatic rings. The third-order valence-electron chi connectivity index (χ3n) is 1.92. The van der Waals surface area contributed by atoms with Crippen LogP contribution < -0.4 is 5.73 Å². The molecule has 7 heteroatoms. The summed E-state index contributed by atoms with van der Waals surface area (Å²) in [6.07, 6.45) is 0.